The largest absolute Gasteiger partial charge is 0.352 e. The molecule has 4 aromatic carbocycles. The van der Waals surface area contributed by atoms with Gasteiger partial charge in [0, 0.05) is 29.6 Å². The van der Waals surface area contributed by atoms with Crippen LogP contribution in [0.2, 0.25) is 5.02 Å². The van der Waals surface area contributed by atoms with Crippen LogP contribution < -0.4 is 9.62 Å². The molecule has 0 aliphatic carbocycles. The fourth-order valence-corrected chi connectivity index (χ4v) is 6.76. The van der Waals surface area contributed by atoms with Crippen molar-refractivity contribution >= 4 is 39.1 Å². The number of nitrogens with one attached hydrogen (secondary N) is 1. The highest BCUT2D eigenvalue weighted by molar-refractivity contribution is 7.92. The van der Waals surface area contributed by atoms with E-state index in [1.165, 1.54) is 23.1 Å². The van der Waals surface area contributed by atoms with Gasteiger partial charge in [0.1, 0.15) is 18.4 Å². The van der Waals surface area contributed by atoms with Gasteiger partial charge in [-0.1, -0.05) is 84.8 Å². The molecule has 0 bridgehead atoms. The number of nitrogens with zero attached hydrogens (tertiary/aromatic N) is 2. The van der Waals surface area contributed by atoms with E-state index >= 15 is 4.39 Å². The Kier molecular flexibility index (Phi) is 11.6. The normalized spacial score (nSPS) is 12.7. The smallest absolute Gasteiger partial charge is 0.264 e. The molecule has 0 fully saturated rings. The minimum Gasteiger partial charge on any atom is -0.352 e. The van der Waals surface area contributed by atoms with Crippen LogP contribution in [0.3, 0.4) is 0 Å². The van der Waals surface area contributed by atoms with E-state index < -0.39 is 40.2 Å². The first-order valence-corrected chi connectivity index (χ1v) is 16.9. The summed E-state index contributed by atoms with van der Waals surface area (Å²) in [5.74, 6) is -1.63. The van der Waals surface area contributed by atoms with E-state index in [4.69, 9.17) is 11.6 Å². The number of amides is 2. The van der Waals surface area contributed by atoms with Gasteiger partial charge in [0.15, 0.2) is 0 Å². The van der Waals surface area contributed by atoms with Gasteiger partial charge < -0.3 is 10.2 Å². The van der Waals surface area contributed by atoms with Gasteiger partial charge in [-0.25, -0.2) is 12.8 Å². The molecule has 0 aromatic heterocycles. The zero-order valence-corrected chi connectivity index (χ0v) is 28.0. The second kappa shape index (κ2) is 15.4. The number of anilines is 1. The van der Waals surface area contributed by atoms with Crippen molar-refractivity contribution in [3.63, 3.8) is 0 Å². The van der Waals surface area contributed by atoms with Crippen molar-refractivity contribution in [1.82, 2.24) is 10.2 Å². The van der Waals surface area contributed by atoms with Crippen LogP contribution in [-0.2, 0) is 32.6 Å². The lowest BCUT2D eigenvalue weighted by Crippen LogP contribution is -2.54. The lowest BCUT2D eigenvalue weighted by molar-refractivity contribution is -0.140. The summed E-state index contributed by atoms with van der Waals surface area (Å²) < 4.78 is 44.5. The summed E-state index contributed by atoms with van der Waals surface area (Å²) in [4.78, 5) is 29.7. The molecular formula is C36H39ClFN3O4S. The summed E-state index contributed by atoms with van der Waals surface area (Å²) in [5, 5.41) is 3.38. The predicted molar refractivity (Wildman–Crippen MR) is 181 cm³/mol. The molecule has 1 N–H and O–H groups in total. The van der Waals surface area contributed by atoms with Crippen LogP contribution >= 0.6 is 11.6 Å². The number of carbonyl (C=O) groups is 2. The Balaban J connectivity index is 1.84. The van der Waals surface area contributed by atoms with Crippen LogP contribution in [-0.4, -0.2) is 43.8 Å². The zero-order valence-electron chi connectivity index (χ0n) is 26.4. The van der Waals surface area contributed by atoms with E-state index in [-0.39, 0.29) is 35.2 Å². The van der Waals surface area contributed by atoms with E-state index in [1.807, 2.05) is 51.1 Å². The highest BCUT2D eigenvalue weighted by atomic mass is 35.5. The summed E-state index contributed by atoms with van der Waals surface area (Å²) in [6.07, 6.45) is 0.789. The molecule has 10 heteroatoms. The minimum absolute atomic E-state index is 0.00347. The number of carbonyl (C=O) groups excluding carboxylic acids is 2. The molecule has 0 spiro atoms. The summed E-state index contributed by atoms with van der Waals surface area (Å²) in [7, 11) is -4.28. The molecule has 0 aliphatic heterocycles. The molecule has 4 rings (SSSR count). The van der Waals surface area contributed by atoms with Gasteiger partial charge in [-0.15, -0.1) is 0 Å². The van der Waals surface area contributed by atoms with Crippen molar-refractivity contribution in [3.05, 3.63) is 130 Å². The molecule has 0 saturated carbocycles. The highest BCUT2D eigenvalue weighted by Crippen LogP contribution is 2.30. The molecule has 0 radical (unpaired) electrons. The Labute approximate surface area is 276 Å². The number of sulfonamides is 1. The van der Waals surface area contributed by atoms with E-state index in [9.17, 15) is 18.0 Å². The topological polar surface area (TPSA) is 86.8 Å². The summed E-state index contributed by atoms with van der Waals surface area (Å²) >= 11 is 6.22. The maximum atomic E-state index is 15.1. The molecule has 0 saturated heterocycles. The molecule has 0 heterocycles. The van der Waals surface area contributed by atoms with Gasteiger partial charge in [-0.2, -0.15) is 0 Å². The third-order valence-electron chi connectivity index (χ3n) is 7.89. The van der Waals surface area contributed by atoms with Crippen molar-refractivity contribution < 1.29 is 22.4 Å². The third kappa shape index (κ3) is 8.53. The molecule has 242 valence electrons. The summed E-state index contributed by atoms with van der Waals surface area (Å²) in [6, 6.07) is 25.0. The van der Waals surface area contributed by atoms with Crippen LogP contribution in [0.25, 0.3) is 0 Å². The van der Waals surface area contributed by atoms with Crippen molar-refractivity contribution in [2.24, 2.45) is 0 Å². The van der Waals surface area contributed by atoms with E-state index in [2.05, 4.69) is 5.32 Å². The standard InChI is InChI=1S/C36H39ClFN3O4S/c1-5-27(4)39-36(43)34(22-28-11-7-6-8-12-28)40(23-29-13-9-10-14-32(29)38)35(42)24-41(33-20-17-30(37)21-26(33)3)46(44,45)31-18-15-25(2)16-19-31/h6-21,27,34H,5,22-24H2,1-4H3,(H,39,43)/t27-,34+/m1/s1. The van der Waals surface area contributed by atoms with Gasteiger partial charge >= 0.3 is 0 Å². The molecule has 46 heavy (non-hydrogen) atoms. The van der Waals surface area contributed by atoms with E-state index in [0.29, 0.717) is 17.0 Å². The number of rotatable bonds is 13. The quantitative estimate of drug-likeness (QED) is 0.170. The Morgan fingerprint density at radius 2 is 1.57 bits per heavy atom. The summed E-state index contributed by atoms with van der Waals surface area (Å²) in [6.45, 7) is 6.45. The molecule has 2 atom stereocenters. The fraction of sp³-hybridized carbons (Fsp3) is 0.278. The minimum atomic E-state index is -4.28. The van der Waals surface area contributed by atoms with Gasteiger partial charge in [-0.05, 0) is 74.7 Å². The van der Waals surface area contributed by atoms with Crippen molar-refractivity contribution in [1.29, 1.82) is 0 Å². The highest BCUT2D eigenvalue weighted by Gasteiger charge is 2.35. The Hall–Kier alpha value is -4.21. The van der Waals surface area contributed by atoms with Gasteiger partial charge in [0.2, 0.25) is 11.8 Å². The van der Waals surface area contributed by atoms with Crippen molar-refractivity contribution in [2.75, 3.05) is 10.8 Å². The maximum absolute atomic E-state index is 15.1. The Morgan fingerprint density at radius 3 is 2.20 bits per heavy atom. The number of benzene rings is 4. The van der Waals surface area contributed by atoms with Gasteiger partial charge in [0.25, 0.3) is 10.0 Å². The molecule has 4 aromatic rings. The molecule has 2 amide bonds. The number of hydrogen-bond donors (Lipinski definition) is 1. The van der Waals surface area contributed by atoms with Crippen LogP contribution in [0.1, 0.15) is 42.5 Å². The van der Waals surface area contributed by atoms with Crippen molar-refractivity contribution in [3.8, 4) is 0 Å². The van der Waals surface area contributed by atoms with Gasteiger partial charge in [-0.3, -0.25) is 13.9 Å². The third-order valence-corrected chi connectivity index (χ3v) is 9.90. The molecule has 0 unspecified atom stereocenters. The second-order valence-corrected chi connectivity index (χ2v) is 13.7. The number of halogens is 2. The number of hydrogen-bond acceptors (Lipinski definition) is 4. The van der Waals surface area contributed by atoms with E-state index in [0.717, 1.165) is 15.4 Å². The summed E-state index contributed by atoms with van der Waals surface area (Å²) in [5.41, 5.74) is 2.65. The first-order valence-electron chi connectivity index (χ1n) is 15.1. The second-order valence-electron chi connectivity index (χ2n) is 11.4. The average Bonchev–Trinajstić information content (AvgIpc) is 3.03. The van der Waals surface area contributed by atoms with E-state index in [1.54, 1.807) is 55.5 Å². The van der Waals surface area contributed by atoms with Crippen molar-refractivity contribution in [2.45, 2.75) is 64.1 Å². The molecule has 0 aliphatic rings. The van der Waals surface area contributed by atoms with Crippen LogP contribution in [0.4, 0.5) is 10.1 Å². The lowest BCUT2D eigenvalue weighted by Gasteiger charge is -2.34. The van der Waals surface area contributed by atoms with Gasteiger partial charge in [0.05, 0.1) is 10.6 Å². The van der Waals surface area contributed by atoms with Crippen LogP contribution in [0, 0.1) is 19.7 Å². The monoisotopic (exact) mass is 663 g/mol. The molecular weight excluding hydrogens is 625 g/mol. The maximum Gasteiger partial charge on any atom is 0.264 e. The number of aryl methyl sites for hydroxylation is 2. The Bertz CT molecular complexity index is 1770. The first kappa shape index (κ1) is 34.7. The lowest BCUT2D eigenvalue weighted by atomic mass is 10.0. The average molecular weight is 664 g/mol. The first-order chi connectivity index (χ1) is 21.9. The predicted octanol–water partition coefficient (Wildman–Crippen LogP) is 6.85. The zero-order chi connectivity index (χ0) is 33.4. The van der Waals surface area contributed by atoms with Crippen LogP contribution in [0.5, 0.6) is 0 Å². The molecule has 7 nitrogen and oxygen atoms in total. The SMILES string of the molecule is CC[C@@H](C)NC(=O)[C@H](Cc1ccccc1)N(Cc1ccccc1F)C(=O)CN(c1ccc(Cl)cc1C)S(=O)(=O)c1ccc(C)cc1. The fourth-order valence-electron chi connectivity index (χ4n) is 5.05. The van der Waals surface area contributed by atoms with Crippen LogP contribution in [0.15, 0.2) is 102 Å². The Morgan fingerprint density at radius 1 is 0.913 bits per heavy atom.